The second-order valence-electron chi connectivity index (χ2n) is 5.87. The number of hydrazine groups is 1. The number of carbonyl (C=O) groups is 1. The first kappa shape index (κ1) is 13.3. The zero-order valence-electron chi connectivity index (χ0n) is 11.6. The van der Waals surface area contributed by atoms with E-state index in [1.165, 1.54) is 25.7 Å². The Hall–Kier alpha value is -1.09. The Labute approximate surface area is 109 Å². The fourth-order valence-corrected chi connectivity index (χ4v) is 3.63. The largest absolute Gasteiger partial charge is 0.290 e. The van der Waals surface area contributed by atoms with Crippen LogP contribution in [0.4, 0.5) is 0 Å². The van der Waals surface area contributed by atoms with E-state index in [1.54, 1.807) is 11.1 Å². The molecule has 0 aromatic rings. The van der Waals surface area contributed by atoms with Gasteiger partial charge in [-0.25, -0.2) is 5.84 Å². The molecule has 100 valence electrons. The van der Waals surface area contributed by atoms with Gasteiger partial charge in [0, 0.05) is 5.57 Å². The molecule has 3 N–H and O–H groups in total. The summed E-state index contributed by atoms with van der Waals surface area (Å²) in [7, 11) is 0. The third kappa shape index (κ3) is 2.37. The van der Waals surface area contributed by atoms with E-state index in [4.69, 9.17) is 5.84 Å². The average Bonchev–Trinajstić information content (AvgIpc) is 2.75. The molecule has 2 aliphatic rings. The predicted octanol–water partition coefficient (Wildman–Crippen LogP) is 2.70. The Kier molecular flexibility index (Phi) is 3.91. The predicted molar refractivity (Wildman–Crippen MR) is 73.4 cm³/mol. The van der Waals surface area contributed by atoms with Gasteiger partial charge >= 0.3 is 0 Å². The van der Waals surface area contributed by atoms with E-state index < -0.39 is 0 Å². The zero-order valence-corrected chi connectivity index (χ0v) is 11.6. The maximum Gasteiger partial charge on any atom is 0.260 e. The van der Waals surface area contributed by atoms with Gasteiger partial charge in [-0.3, -0.25) is 10.2 Å². The van der Waals surface area contributed by atoms with E-state index in [2.05, 4.69) is 25.3 Å². The van der Waals surface area contributed by atoms with Crippen molar-refractivity contribution in [2.75, 3.05) is 0 Å². The summed E-state index contributed by atoms with van der Waals surface area (Å²) in [5.74, 6) is 7.01. The van der Waals surface area contributed by atoms with Crippen molar-refractivity contribution in [3.8, 4) is 0 Å². The van der Waals surface area contributed by atoms with Crippen molar-refractivity contribution in [1.29, 1.82) is 0 Å². The molecule has 0 saturated heterocycles. The summed E-state index contributed by atoms with van der Waals surface area (Å²) >= 11 is 0. The first-order chi connectivity index (χ1) is 8.54. The van der Waals surface area contributed by atoms with Crippen LogP contribution >= 0.6 is 0 Å². The summed E-state index contributed by atoms with van der Waals surface area (Å²) in [5, 5.41) is 0. The monoisotopic (exact) mass is 248 g/mol. The van der Waals surface area contributed by atoms with Crippen LogP contribution in [0, 0.1) is 17.8 Å². The highest BCUT2D eigenvalue weighted by atomic mass is 16.2. The van der Waals surface area contributed by atoms with Crippen molar-refractivity contribution in [2.24, 2.45) is 23.6 Å². The second kappa shape index (κ2) is 5.27. The van der Waals surface area contributed by atoms with Crippen LogP contribution in [0.5, 0.6) is 0 Å². The van der Waals surface area contributed by atoms with Gasteiger partial charge in [0.25, 0.3) is 5.91 Å². The van der Waals surface area contributed by atoms with Crippen molar-refractivity contribution in [3.05, 3.63) is 22.8 Å². The number of rotatable bonds is 2. The Morgan fingerprint density at radius 1 is 1.39 bits per heavy atom. The van der Waals surface area contributed by atoms with Gasteiger partial charge in [-0.15, -0.1) is 0 Å². The van der Waals surface area contributed by atoms with Crippen molar-refractivity contribution in [1.82, 2.24) is 5.43 Å². The summed E-state index contributed by atoms with van der Waals surface area (Å²) in [5.41, 5.74) is 6.11. The van der Waals surface area contributed by atoms with Crippen LogP contribution < -0.4 is 11.3 Å². The lowest BCUT2D eigenvalue weighted by Crippen LogP contribution is -2.31. The SMILES string of the molecule is CC(=C[C@@H]1CC[C@@H](C)[C@H]2CCC(C)=C12)C(=O)NN. The number of amides is 1. The first-order valence-electron chi connectivity index (χ1n) is 6.93. The fourth-order valence-electron chi connectivity index (χ4n) is 3.63. The fraction of sp³-hybridized carbons (Fsp3) is 0.667. The van der Waals surface area contributed by atoms with Crippen LogP contribution in [0.25, 0.3) is 0 Å². The van der Waals surface area contributed by atoms with E-state index in [-0.39, 0.29) is 5.91 Å². The van der Waals surface area contributed by atoms with Gasteiger partial charge in [0.15, 0.2) is 0 Å². The summed E-state index contributed by atoms with van der Waals surface area (Å²) in [6, 6.07) is 0. The molecule has 0 aromatic heterocycles. The molecule has 0 aliphatic heterocycles. The molecule has 0 radical (unpaired) electrons. The zero-order chi connectivity index (χ0) is 13.3. The van der Waals surface area contributed by atoms with Crippen LogP contribution in [0.1, 0.15) is 46.5 Å². The summed E-state index contributed by atoms with van der Waals surface area (Å²) in [6.07, 6.45) is 7.08. The summed E-state index contributed by atoms with van der Waals surface area (Å²) < 4.78 is 0. The molecule has 0 unspecified atom stereocenters. The van der Waals surface area contributed by atoms with Crippen LogP contribution in [0.2, 0.25) is 0 Å². The Morgan fingerprint density at radius 3 is 2.78 bits per heavy atom. The van der Waals surface area contributed by atoms with Crippen molar-refractivity contribution >= 4 is 5.91 Å². The molecular weight excluding hydrogens is 224 g/mol. The molecule has 2 rings (SSSR count). The standard InChI is InChI=1S/C15H24N2O/c1-9-4-6-12(8-11(3)15(18)17-16)14-10(2)5-7-13(9)14/h8-9,12-13H,4-7,16H2,1-3H3,(H,17,18)/t9-,12+,13-/m1/s1. The van der Waals surface area contributed by atoms with Crippen molar-refractivity contribution in [3.63, 3.8) is 0 Å². The quantitative estimate of drug-likeness (QED) is 0.259. The lowest BCUT2D eigenvalue weighted by Gasteiger charge is -2.34. The molecule has 1 saturated carbocycles. The maximum absolute atomic E-state index is 11.5. The average molecular weight is 248 g/mol. The topological polar surface area (TPSA) is 55.1 Å². The minimum Gasteiger partial charge on any atom is -0.290 e. The number of carbonyl (C=O) groups excluding carboxylic acids is 1. The van der Waals surface area contributed by atoms with Crippen LogP contribution in [-0.2, 0) is 4.79 Å². The minimum absolute atomic E-state index is 0.165. The molecule has 1 fully saturated rings. The lowest BCUT2D eigenvalue weighted by atomic mass is 9.71. The van der Waals surface area contributed by atoms with Gasteiger partial charge in [-0.05, 0) is 57.3 Å². The van der Waals surface area contributed by atoms with Crippen LogP contribution in [-0.4, -0.2) is 5.91 Å². The van der Waals surface area contributed by atoms with Crippen molar-refractivity contribution in [2.45, 2.75) is 46.5 Å². The highest BCUT2D eigenvalue weighted by Crippen LogP contribution is 2.48. The lowest BCUT2D eigenvalue weighted by molar-refractivity contribution is -0.117. The second-order valence-corrected chi connectivity index (χ2v) is 5.87. The first-order valence-corrected chi connectivity index (χ1v) is 6.93. The molecular formula is C15H24N2O. The Balaban J connectivity index is 2.24. The van der Waals surface area contributed by atoms with Gasteiger partial charge in [0.05, 0.1) is 0 Å². The summed E-state index contributed by atoms with van der Waals surface area (Å²) in [4.78, 5) is 11.5. The van der Waals surface area contributed by atoms with Crippen LogP contribution in [0.3, 0.4) is 0 Å². The van der Waals surface area contributed by atoms with E-state index in [9.17, 15) is 4.79 Å². The van der Waals surface area contributed by atoms with Crippen LogP contribution in [0.15, 0.2) is 22.8 Å². The molecule has 0 spiro atoms. The number of hydrogen-bond acceptors (Lipinski definition) is 2. The Morgan fingerprint density at radius 2 is 2.11 bits per heavy atom. The van der Waals surface area contributed by atoms with E-state index in [0.29, 0.717) is 5.92 Å². The van der Waals surface area contributed by atoms with Gasteiger partial charge in [-0.1, -0.05) is 24.1 Å². The molecule has 18 heavy (non-hydrogen) atoms. The van der Waals surface area contributed by atoms with E-state index >= 15 is 0 Å². The van der Waals surface area contributed by atoms with E-state index in [0.717, 1.165) is 17.4 Å². The maximum atomic E-state index is 11.5. The number of allylic oxidation sites excluding steroid dienone is 3. The normalized spacial score (nSPS) is 32.4. The highest BCUT2D eigenvalue weighted by molar-refractivity contribution is 5.92. The molecule has 2 aliphatic carbocycles. The smallest absolute Gasteiger partial charge is 0.260 e. The third-order valence-corrected chi connectivity index (χ3v) is 4.68. The number of fused-ring (bicyclic) bond motifs is 1. The molecule has 3 heteroatoms. The number of hydrogen-bond donors (Lipinski definition) is 2. The van der Waals surface area contributed by atoms with Gasteiger partial charge in [0.2, 0.25) is 0 Å². The molecule has 3 nitrogen and oxygen atoms in total. The number of nitrogens with one attached hydrogen (secondary N) is 1. The summed E-state index contributed by atoms with van der Waals surface area (Å²) in [6.45, 7) is 6.47. The van der Waals surface area contributed by atoms with Crippen molar-refractivity contribution < 1.29 is 4.79 Å². The molecule has 0 bridgehead atoms. The highest BCUT2D eigenvalue weighted by Gasteiger charge is 2.35. The number of nitrogens with two attached hydrogens (primary N) is 1. The van der Waals surface area contributed by atoms with Gasteiger partial charge < -0.3 is 0 Å². The molecule has 0 aromatic carbocycles. The minimum atomic E-state index is -0.165. The van der Waals surface area contributed by atoms with E-state index in [1.807, 2.05) is 6.92 Å². The third-order valence-electron chi connectivity index (χ3n) is 4.68. The molecule has 1 amide bonds. The molecule has 3 atom stereocenters. The Bertz CT molecular complexity index is 409. The van der Waals surface area contributed by atoms with Gasteiger partial charge in [-0.2, -0.15) is 0 Å². The van der Waals surface area contributed by atoms with Gasteiger partial charge in [0.1, 0.15) is 0 Å². The molecule has 0 heterocycles.